The molecule has 0 aromatic heterocycles. The standard InChI is InChI=1S/C94H148N6O8/c1-7-11-15-19-23-25-27-31-37-45-57-79-67-71-83(72-68-79)95-91(103)89(77(5)101)99-97-87-65-53-51-63-85(87)93(105)107-75-55-43-35-33-41-49-61-81(59-47-39-29-21-17-13-9-3)82(60-48-40-30-22-18-14-10-4)62-50-42-34-36-44-56-76-108-94(106)86-64-52-54-66-88(86)98-100-90(78(6)102)92(104)96-84-73-69-80(70-74-84)58-46-38-32-28-26-24-20-16-12-8-2/h51-54,63-74,81-82,97-98H,7-50,55-62,75-76H2,1-6H3,(H,95,103)(H,96,104)/b99-89-,100-90-. The second-order valence-electron chi connectivity index (χ2n) is 30.9. The number of ether oxygens (including phenoxy) is 2. The molecule has 0 saturated heterocycles. The van der Waals surface area contributed by atoms with E-state index in [-0.39, 0.29) is 22.6 Å². The van der Waals surface area contributed by atoms with Gasteiger partial charge in [-0.15, -0.1) is 0 Å². The van der Waals surface area contributed by atoms with Gasteiger partial charge in [-0.2, -0.15) is 10.2 Å². The Hall–Kier alpha value is -6.96. The van der Waals surface area contributed by atoms with Gasteiger partial charge in [0.25, 0.3) is 11.8 Å². The number of benzene rings is 4. The van der Waals surface area contributed by atoms with Crippen LogP contribution >= 0.6 is 0 Å². The van der Waals surface area contributed by atoms with Crippen LogP contribution in [0.25, 0.3) is 0 Å². The van der Waals surface area contributed by atoms with Gasteiger partial charge in [0.1, 0.15) is 0 Å². The van der Waals surface area contributed by atoms with E-state index in [2.05, 4.69) is 59.4 Å². The molecule has 0 heterocycles. The zero-order valence-corrected chi connectivity index (χ0v) is 68.7. The minimum Gasteiger partial charge on any atom is -0.462 e. The lowest BCUT2D eigenvalue weighted by molar-refractivity contribution is -0.116. The highest BCUT2D eigenvalue weighted by Gasteiger charge is 2.23. The lowest BCUT2D eigenvalue weighted by Gasteiger charge is -2.28. The highest BCUT2D eigenvalue weighted by Crippen LogP contribution is 2.34. The monoisotopic (exact) mass is 1490 g/mol. The van der Waals surface area contributed by atoms with E-state index in [1.165, 1.54) is 295 Å². The number of hydrogen-bond acceptors (Lipinski definition) is 12. The first kappa shape index (κ1) is 93.4. The molecule has 0 aliphatic carbocycles. The number of carbonyl (C=O) groups is 6. The van der Waals surface area contributed by atoms with Gasteiger partial charge < -0.3 is 20.1 Å². The van der Waals surface area contributed by atoms with Crippen molar-refractivity contribution in [2.24, 2.45) is 22.0 Å². The van der Waals surface area contributed by atoms with Gasteiger partial charge in [0.05, 0.1) is 35.7 Å². The Kier molecular flexibility index (Phi) is 54.3. The van der Waals surface area contributed by atoms with Crippen LogP contribution in [0.5, 0.6) is 0 Å². The van der Waals surface area contributed by atoms with Gasteiger partial charge in [0.15, 0.2) is 23.0 Å². The first-order chi connectivity index (χ1) is 52.9. The molecule has 0 aliphatic heterocycles. The van der Waals surface area contributed by atoms with Crippen LogP contribution in [0.3, 0.4) is 0 Å². The Morgan fingerprint density at radius 1 is 0.306 bits per heavy atom. The Morgan fingerprint density at radius 2 is 0.556 bits per heavy atom. The number of Topliss-reactive ketones (excluding diaryl/α,β-unsaturated/α-hetero) is 2. The Labute approximate surface area is 655 Å². The summed E-state index contributed by atoms with van der Waals surface area (Å²) in [5.74, 6) is -1.69. The smallest absolute Gasteiger partial charge is 0.340 e. The summed E-state index contributed by atoms with van der Waals surface area (Å²) in [6.45, 7) is 12.3. The predicted octanol–water partition coefficient (Wildman–Crippen LogP) is 26.6. The molecule has 14 nitrogen and oxygen atoms in total. The third-order valence-corrected chi connectivity index (χ3v) is 21.5. The number of ketones is 2. The van der Waals surface area contributed by atoms with Crippen LogP contribution in [-0.4, -0.2) is 60.0 Å². The molecule has 0 aliphatic rings. The molecule has 2 amide bonds. The zero-order chi connectivity index (χ0) is 77.5. The molecule has 14 heteroatoms. The summed E-state index contributed by atoms with van der Waals surface area (Å²) in [6, 6.07) is 29.3. The summed E-state index contributed by atoms with van der Waals surface area (Å²) < 4.78 is 11.6. The van der Waals surface area contributed by atoms with Crippen molar-refractivity contribution in [1.82, 2.24) is 0 Å². The number of hydrazone groups is 2. The van der Waals surface area contributed by atoms with Crippen molar-refractivity contribution in [2.45, 2.75) is 375 Å². The van der Waals surface area contributed by atoms with E-state index >= 15 is 0 Å². The summed E-state index contributed by atoms with van der Waals surface area (Å²) in [6.07, 6.45) is 64.8. The molecule has 4 rings (SSSR count). The third kappa shape index (κ3) is 44.0. The van der Waals surface area contributed by atoms with Crippen molar-refractivity contribution in [2.75, 3.05) is 34.7 Å². The highest BCUT2D eigenvalue weighted by atomic mass is 16.5. The fraction of sp³-hybridized carbons (Fsp3) is 0.660. The molecule has 0 bridgehead atoms. The quantitative estimate of drug-likeness (QED) is 0.0109. The van der Waals surface area contributed by atoms with Gasteiger partial charge in [0.2, 0.25) is 0 Å². The molecular formula is C94H148N6O8. The van der Waals surface area contributed by atoms with Crippen LogP contribution < -0.4 is 21.5 Å². The van der Waals surface area contributed by atoms with Crippen LogP contribution in [0.1, 0.15) is 394 Å². The minimum absolute atomic E-state index is 0.285. The second-order valence-corrected chi connectivity index (χ2v) is 30.9. The Morgan fingerprint density at radius 3 is 0.833 bits per heavy atom. The number of amides is 2. The van der Waals surface area contributed by atoms with Gasteiger partial charge in [-0.25, -0.2) is 9.59 Å². The number of nitrogens with one attached hydrogen (secondary N) is 4. The number of nitrogens with zero attached hydrogens (tertiary/aromatic N) is 2. The molecule has 2 unspecified atom stereocenters. The molecule has 0 radical (unpaired) electrons. The van der Waals surface area contributed by atoms with Crippen LogP contribution in [0.15, 0.2) is 107 Å². The lowest BCUT2D eigenvalue weighted by Crippen LogP contribution is -2.29. The number of esters is 2. The van der Waals surface area contributed by atoms with Crippen molar-refractivity contribution in [3.8, 4) is 0 Å². The van der Waals surface area contributed by atoms with E-state index < -0.39 is 35.3 Å². The Bertz CT molecular complexity index is 2880. The number of aryl methyl sites for hydroxylation is 2. The number of hydrogen-bond donors (Lipinski definition) is 4. The van der Waals surface area contributed by atoms with E-state index in [1.54, 1.807) is 48.5 Å². The average Bonchev–Trinajstić information content (AvgIpc) is 0.855. The van der Waals surface area contributed by atoms with Crippen LogP contribution in [-0.2, 0) is 41.5 Å². The molecule has 4 aromatic carbocycles. The molecule has 602 valence electrons. The number of para-hydroxylation sites is 2. The number of rotatable bonds is 69. The van der Waals surface area contributed by atoms with Gasteiger partial charge in [-0.3, -0.25) is 30.0 Å². The van der Waals surface area contributed by atoms with Gasteiger partial charge >= 0.3 is 11.9 Å². The molecule has 4 N–H and O–H groups in total. The lowest BCUT2D eigenvalue weighted by atomic mass is 9.78. The van der Waals surface area contributed by atoms with Crippen molar-refractivity contribution >= 4 is 69.5 Å². The van der Waals surface area contributed by atoms with E-state index in [9.17, 15) is 28.8 Å². The normalized spacial score (nSPS) is 12.2. The van der Waals surface area contributed by atoms with Gasteiger partial charge in [-0.1, -0.05) is 372 Å². The third-order valence-electron chi connectivity index (χ3n) is 21.5. The van der Waals surface area contributed by atoms with Crippen molar-refractivity contribution < 1.29 is 38.2 Å². The summed E-state index contributed by atoms with van der Waals surface area (Å²) in [7, 11) is 0. The van der Waals surface area contributed by atoms with E-state index in [1.807, 2.05) is 48.5 Å². The molecule has 0 spiro atoms. The zero-order valence-electron chi connectivity index (χ0n) is 68.7. The van der Waals surface area contributed by atoms with Crippen molar-refractivity contribution in [3.05, 3.63) is 119 Å². The number of unbranched alkanes of at least 4 members (excludes halogenated alkanes) is 40. The molecular weight excluding hydrogens is 1340 g/mol. The van der Waals surface area contributed by atoms with Crippen LogP contribution in [0.2, 0.25) is 0 Å². The molecule has 108 heavy (non-hydrogen) atoms. The van der Waals surface area contributed by atoms with E-state index in [0.717, 1.165) is 76.0 Å². The molecule has 4 aromatic rings. The first-order valence-corrected chi connectivity index (χ1v) is 43.9. The van der Waals surface area contributed by atoms with Gasteiger partial charge in [0, 0.05) is 25.2 Å². The van der Waals surface area contributed by atoms with Crippen molar-refractivity contribution in [1.29, 1.82) is 0 Å². The van der Waals surface area contributed by atoms with E-state index in [4.69, 9.17) is 9.47 Å². The summed E-state index contributed by atoms with van der Waals surface area (Å²) >= 11 is 0. The minimum atomic E-state index is -0.626. The predicted molar refractivity (Wildman–Crippen MR) is 455 cm³/mol. The second kappa shape index (κ2) is 62.8. The van der Waals surface area contributed by atoms with Crippen LogP contribution in [0, 0.1) is 11.8 Å². The largest absolute Gasteiger partial charge is 0.462 e. The maximum absolute atomic E-state index is 13.4. The molecule has 0 fully saturated rings. The Balaban J connectivity index is 1.19. The maximum atomic E-state index is 13.4. The number of carbonyl (C=O) groups excluding carboxylic acids is 6. The maximum Gasteiger partial charge on any atom is 0.340 e. The molecule has 0 saturated carbocycles. The SMILES string of the molecule is CCCCCCCCCCCCc1ccc(NC(=O)/C(=N\Nc2ccccc2C(=O)OCCCCCCCCC(CCCCCCCCC)C(CCCCCCCCC)CCCCCCCCOC(=O)c2ccccc2N/N=C(/C(C)=O)C(=O)Nc2ccc(CCCCCCCCCCCC)cc2)C(C)=O)cc1. The van der Waals surface area contributed by atoms with Crippen molar-refractivity contribution in [3.63, 3.8) is 0 Å². The highest BCUT2D eigenvalue weighted by molar-refractivity contribution is 6.67. The first-order valence-electron chi connectivity index (χ1n) is 43.9. The van der Waals surface area contributed by atoms with Crippen LogP contribution in [0.4, 0.5) is 22.7 Å². The summed E-state index contributed by atoms with van der Waals surface area (Å²) in [5.41, 5.74) is 9.93. The van der Waals surface area contributed by atoms with Gasteiger partial charge in [-0.05, 0) is 110 Å². The summed E-state index contributed by atoms with van der Waals surface area (Å²) in [4.78, 5) is 79.0. The number of anilines is 4. The average molecular weight is 1490 g/mol. The van der Waals surface area contributed by atoms with E-state index in [0.29, 0.717) is 36.0 Å². The summed E-state index contributed by atoms with van der Waals surface area (Å²) in [5, 5.41) is 14.1. The fourth-order valence-electron chi connectivity index (χ4n) is 14.7. The fourth-order valence-corrected chi connectivity index (χ4v) is 14.7. The topological polar surface area (TPSA) is 194 Å². The molecule has 2 atom stereocenters.